The molecule has 2 aromatic heterocycles. The molecule has 0 unspecified atom stereocenters. The Morgan fingerprint density at radius 1 is 1.39 bits per heavy atom. The fourth-order valence-electron chi connectivity index (χ4n) is 3.51. The van der Waals surface area contributed by atoms with Crippen LogP contribution in [0.15, 0.2) is 12.3 Å². The third-order valence-electron chi connectivity index (χ3n) is 4.83. The first-order valence-electron chi connectivity index (χ1n) is 8.18. The van der Waals surface area contributed by atoms with Crippen molar-refractivity contribution < 1.29 is 27.5 Å². The topological polar surface area (TPSA) is 72.5 Å². The number of nitrogens with one attached hydrogen (secondary N) is 1. The Morgan fingerprint density at radius 3 is 2.71 bits per heavy atom. The minimum Gasteiger partial charge on any atom is -0.465 e. The number of anilines is 2. The molecule has 0 radical (unpaired) electrons. The molecule has 4 rings (SSSR count). The predicted molar refractivity (Wildman–Crippen MR) is 96.7 cm³/mol. The van der Waals surface area contributed by atoms with Gasteiger partial charge in [-0.15, -0.1) is 0 Å². The first-order valence-corrected chi connectivity index (χ1v) is 8.56. The van der Waals surface area contributed by atoms with Gasteiger partial charge in [-0.1, -0.05) is 11.6 Å². The van der Waals surface area contributed by atoms with Crippen LogP contribution < -0.4 is 9.80 Å². The summed E-state index contributed by atoms with van der Waals surface area (Å²) in [6, 6.07) is 0.743. The molecule has 1 aliphatic heterocycles. The van der Waals surface area contributed by atoms with Gasteiger partial charge in [0, 0.05) is 26.1 Å². The summed E-state index contributed by atoms with van der Waals surface area (Å²) in [7, 11) is 1.17. The molecule has 0 spiro atoms. The minimum atomic E-state index is -2.94. The number of aromatic amines is 1. The van der Waals surface area contributed by atoms with Gasteiger partial charge in [-0.05, 0) is 0 Å². The molecular weight excluding hydrogens is 404 g/mol. The van der Waals surface area contributed by atoms with Crippen molar-refractivity contribution in [1.82, 2.24) is 9.97 Å². The monoisotopic (exact) mass is 416 g/mol. The fraction of sp³-hybridized carbons (Fsp3) is 0.294. The van der Waals surface area contributed by atoms with Gasteiger partial charge in [-0.3, -0.25) is 4.90 Å². The molecule has 11 heteroatoms. The number of halogens is 5. The van der Waals surface area contributed by atoms with Gasteiger partial charge in [-0.25, -0.2) is 27.3 Å². The number of fused-ring (bicyclic) bond motifs is 3. The van der Waals surface area contributed by atoms with E-state index in [4.69, 9.17) is 11.6 Å². The number of hydrogen-bond donors (Lipinski definition) is 2. The maximum Gasteiger partial charge on any atom is 0.411 e. The summed E-state index contributed by atoms with van der Waals surface area (Å²) >= 11 is 6.19. The van der Waals surface area contributed by atoms with Crippen molar-refractivity contribution in [1.29, 1.82) is 0 Å². The van der Waals surface area contributed by atoms with Gasteiger partial charge in [0.1, 0.15) is 5.65 Å². The lowest BCUT2D eigenvalue weighted by molar-refractivity contribution is 0.0257. The second kappa shape index (κ2) is 6.13. The highest BCUT2D eigenvalue weighted by Gasteiger charge is 2.40. The van der Waals surface area contributed by atoms with Crippen LogP contribution in [0.1, 0.15) is 6.42 Å². The zero-order valence-corrected chi connectivity index (χ0v) is 15.1. The van der Waals surface area contributed by atoms with E-state index in [9.17, 15) is 27.5 Å². The summed E-state index contributed by atoms with van der Waals surface area (Å²) in [4.78, 5) is 20.1. The summed E-state index contributed by atoms with van der Waals surface area (Å²) in [5.41, 5.74) is 0.00618. The standard InChI is InChI=1S/C17H13ClF4N4O2/c1-25(16(27)28)9-4-8(19)12(20)10-11-14(26-3-2-17(21,22)6-26)7(18)5-23-15(11)24-13(9)10/h4-5H,2-3,6H2,1H3,(H,23,24)(H,27,28). The van der Waals surface area contributed by atoms with Crippen molar-refractivity contribution in [2.75, 3.05) is 29.9 Å². The van der Waals surface area contributed by atoms with Crippen LogP contribution in [-0.4, -0.2) is 47.2 Å². The summed E-state index contributed by atoms with van der Waals surface area (Å²) in [5.74, 6) is -5.47. The highest BCUT2D eigenvalue weighted by Crippen LogP contribution is 2.44. The van der Waals surface area contributed by atoms with Gasteiger partial charge in [0.25, 0.3) is 5.92 Å². The van der Waals surface area contributed by atoms with Crippen molar-refractivity contribution in [2.24, 2.45) is 0 Å². The van der Waals surface area contributed by atoms with Crippen molar-refractivity contribution in [3.05, 3.63) is 28.9 Å². The number of pyridine rings is 1. The van der Waals surface area contributed by atoms with E-state index in [-0.39, 0.29) is 44.9 Å². The number of benzene rings is 1. The number of rotatable bonds is 2. The Bertz CT molecular complexity index is 1130. The van der Waals surface area contributed by atoms with Crippen LogP contribution in [0.5, 0.6) is 0 Å². The molecule has 3 heterocycles. The second-order valence-corrected chi connectivity index (χ2v) is 7.02. The number of alkyl halides is 2. The molecular formula is C17H13ClF4N4O2. The van der Waals surface area contributed by atoms with Gasteiger partial charge in [-0.2, -0.15) is 0 Å². The van der Waals surface area contributed by atoms with E-state index in [1.54, 1.807) is 0 Å². The van der Waals surface area contributed by atoms with Crippen molar-refractivity contribution in [3.63, 3.8) is 0 Å². The third-order valence-corrected chi connectivity index (χ3v) is 5.11. The van der Waals surface area contributed by atoms with Gasteiger partial charge in [0.2, 0.25) is 0 Å². The highest BCUT2D eigenvalue weighted by molar-refractivity contribution is 6.36. The molecule has 0 aliphatic carbocycles. The van der Waals surface area contributed by atoms with E-state index < -0.39 is 36.6 Å². The Hall–Kier alpha value is -2.75. The Labute approximate surface area is 160 Å². The molecule has 1 fully saturated rings. The predicted octanol–water partition coefficient (Wildman–Crippen LogP) is 4.61. The first-order chi connectivity index (χ1) is 13.1. The Morgan fingerprint density at radius 2 is 2.11 bits per heavy atom. The van der Waals surface area contributed by atoms with Gasteiger partial charge in [0.05, 0.1) is 45.4 Å². The van der Waals surface area contributed by atoms with Gasteiger partial charge < -0.3 is 15.0 Å². The normalized spacial score (nSPS) is 16.3. The van der Waals surface area contributed by atoms with Crippen LogP contribution in [0.2, 0.25) is 5.02 Å². The lowest BCUT2D eigenvalue weighted by Crippen LogP contribution is -2.25. The van der Waals surface area contributed by atoms with Crippen LogP contribution in [0.3, 0.4) is 0 Å². The number of nitrogens with zero attached hydrogens (tertiary/aromatic N) is 3. The molecule has 28 heavy (non-hydrogen) atoms. The van der Waals surface area contributed by atoms with Gasteiger partial charge >= 0.3 is 6.09 Å². The number of H-pyrrole nitrogens is 1. The van der Waals surface area contributed by atoms with Crippen LogP contribution >= 0.6 is 11.6 Å². The molecule has 148 valence electrons. The summed E-state index contributed by atoms with van der Waals surface area (Å²) in [6.45, 7) is -0.658. The molecule has 6 nitrogen and oxygen atoms in total. The largest absolute Gasteiger partial charge is 0.465 e. The number of aromatic nitrogens is 2. The zero-order chi connectivity index (χ0) is 20.4. The number of hydrogen-bond acceptors (Lipinski definition) is 3. The number of amides is 1. The average Bonchev–Trinajstić information content (AvgIpc) is 3.17. The van der Waals surface area contributed by atoms with E-state index in [2.05, 4.69) is 9.97 Å². The van der Waals surface area contributed by atoms with Crippen LogP contribution in [0.25, 0.3) is 21.9 Å². The molecule has 3 aromatic rings. The number of carbonyl (C=O) groups is 1. The molecule has 0 saturated carbocycles. The summed E-state index contributed by atoms with van der Waals surface area (Å²) in [6.07, 6.45) is -0.574. The van der Waals surface area contributed by atoms with Crippen LogP contribution in [0, 0.1) is 11.6 Å². The second-order valence-electron chi connectivity index (χ2n) is 6.61. The third kappa shape index (κ3) is 2.70. The van der Waals surface area contributed by atoms with Crippen LogP contribution in [-0.2, 0) is 0 Å². The smallest absolute Gasteiger partial charge is 0.411 e. The Kier molecular flexibility index (Phi) is 4.07. The van der Waals surface area contributed by atoms with E-state index >= 15 is 0 Å². The summed E-state index contributed by atoms with van der Waals surface area (Å²) in [5, 5.41) is 8.96. The highest BCUT2D eigenvalue weighted by atomic mass is 35.5. The lowest BCUT2D eigenvalue weighted by Gasteiger charge is -2.21. The molecule has 1 aromatic carbocycles. The molecule has 2 N–H and O–H groups in total. The number of carboxylic acid groups (broad SMARTS) is 1. The maximum absolute atomic E-state index is 14.8. The lowest BCUT2D eigenvalue weighted by atomic mass is 10.1. The van der Waals surface area contributed by atoms with E-state index in [1.807, 2.05) is 0 Å². The molecule has 1 aliphatic rings. The SMILES string of the molecule is CN(C(=O)O)c1cc(F)c(F)c2c1[nH]c1ncc(Cl)c(N3CCC(F)(F)C3)c12. The summed E-state index contributed by atoms with van der Waals surface area (Å²) < 4.78 is 56.5. The molecule has 0 atom stereocenters. The van der Waals surface area contributed by atoms with Gasteiger partial charge in [0.15, 0.2) is 11.6 Å². The molecule has 0 bridgehead atoms. The quantitative estimate of drug-likeness (QED) is 0.598. The van der Waals surface area contributed by atoms with Crippen LogP contribution in [0.4, 0.5) is 33.7 Å². The molecule has 1 saturated heterocycles. The van der Waals surface area contributed by atoms with E-state index in [0.717, 1.165) is 6.07 Å². The van der Waals surface area contributed by atoms with E-state index in [1.165, 1.54) is 18.1 Å². The van der Waals surface area contributed by atoms with Crippen molar-refractivity contribution >= 4 is 51.0 Å². The van der Waals surface area contributed by atoms with Crippen molar-refractivity contribution in [2.45, 2.75) is 12.3 Å². The Balaban J connectivity index is 2.09. The van der Waals surface area contributed by atoms with E-state index in [0.29, 0.717) is 4.90 Å². The molecule has 1 amide bonds. The average molecular weight is 417 g/mol. The first kappa shape index (κ1) is 18.6. The zero-order valence-electron chi connectivity index (χ0n) is 14.4. The van der Waals surface area contributed by atoms with Crippen molar-refractivity contribution in [3.8, 4) is 0 Å². The minimum absolute atomic E-state index is 0.00269. The fourth-order valence-corrected chi connectivity index (χ4v) is 3.77. The maximum atomic E-state index is 14.8.